The van der Waals surface area contributed by atoms with Crippen molar-refractivity contribution in [1.82, 2.24) is 20.5 Å². The lowest BCUT2D eigenvalue weighted by atomic mass is 9.99. The minimum atomic E-state index is -0.767. The highest BCUT2D eigenvalue weighted by Crippen LogP contribution is 2.19. The molecule has 2 rings (SSSR count). The number of nitrogens with one attached hydrogen (secondary N) is 2. The summed E-state index contributed by atoms with van der Waals surface area (Å²) in [7, 11) is 0. The largest absolute Gasteiger partial charge is 0.309 e. The van der Waals surface area contributed by atoms with Gasteiger partial charge in [-0.05, 0) is 25.0 Å². The number of hydroxylamine groups is 2. The molecule has 1 aliphatic heterocycles. The maximum absolute atomic E-state index is 13.0. The third-order valence-electron chi connectivity index (χ3n) is 4.56. The van der Waals surface area contributed by atoms with Crippen LogP contribution in [0, 0.1) is 11.7 Å². The van der Waals surface area contributed by atoms with Gasteiger partial charge in [0.2, 0.25) is 18.2 Å². The normalized spacial score (nSPS) is 17.2. The summed E-state index contributed by atoms with van der Waals surface area (Å²) in [6.07, 6.45) is 4.79. The highest BCUT2D eigenvalue weighted by atomic mass is 19.1. The fourth-order valence-electron chi connectivity index (χ4n) is 3.10. The topological polar surface area (TPSA) is 115 Å². The number of unbranched alkanes of at least 4 members (excludes halogenated alkanes) is 2. The van der Waals surface area contributed by atoms with Crippen LogP contribution >= 0.6 is 0 Å². The Morgan fingerprint density at radius 1 is 1.50 bits per heavy atom. The Bertz CT molecular complexity index is 672. The molecule has 3 amide bonds. The Kier molecular flexibility index (Phi) is 8.27. The predicted octanol–water partition coefficient (Wildman–Crippen LogP) is 1.31. The number of amides is 3. The van der Waals surface area contributed by atoms with E-state index in [-0.39, 0.29) is 24.7 Å². The van der Waals surface area contributed by atoms with E-state index in [1.165, 1.54) is 17.1 Å². The molecule has 1 aromatic heterocycles. The molecule has 28 heavy (non-hydrogen) atoms. The van der Waals surface area contributed by atoms with Gasteiger partial charge in [-0.2, -0.15) is 0 Å². The lowest BCUT2D eigenvalue weighted by molar-refractivity contribution is -0.159. The van der Waals surface area contributed by atoms with Crippen molar-refractivity contribution in [1.29, 1.82) is 0 Å². The first kappa shape index (κ1) is 21.7. The second-order valence-corrected chi connectivity index (χ2v) is 6.69. The van der Waals surface area contributed by atoms with Crippen molar-refractivity contribution in [3.05, 3.63) is 24.1 Å². The Morgan fingerprint density at radius 3 is 2.93 bits per heavy atom. The van der Waals surface area contributed by atoms with Gasteiger partial charge >= 0.3 is 0 Å². The van der Waals surface area contributed by atoms with Crippen molar-refractivity contribution in [2.24, 2.45) is 5.92 Å². The van der Waals surface area contributed by atoms with Gasteiger partial charge < -0.3 is 5.32 Å². The van der Waals surface area contributed by atoms with Gasteiger partial charge in [-0.1, -0.05) is 26.2 Å². The Morgan fingerprint density at radius 2 is 2.29 bits per heavy atom. The Labute approximate surface area is 162 Å². The quantitative estimate of drug-likeness (QED) is 0.238. The van der Waals surface area contributed by atoms with Gasteiger partial charge in [0, 0.05) is 6.54 Å². The lowest BCUT2D eigenvalue weighted by Gasteiger charge is -2.28. The van der Waals surface area contributed by atoms with Gasteiger partial charge in [-0.15, -0.1) is 0 Å². The van der Waals surface area contributed by atoms with Crippen LogP contribution in [0.2, 0.25) is 0 Å². The lowest BCUT2D eigenvalue weighted by Crippen LogP contribution is -2.51. The van der Waals surface area contributed by atoms with E-state index in [1.807, 2.05) is 6.92 Å². The number of hydrazine groups is 1. The molecule has 1 saturated heterocycles. The molecule has 0 bridgehead atoms. The number of pyridine rings is 1. The average Bonchev–Trinajstić information content (AvgIpc) is 3.18. The van der Waals surface area contributed by atoms with Crippen molar-refractivity contribution in [3.63, 3.8) is 0 Å². The van der Waals surface area contributed by atoms with Crippen LogP contribution in [-0.4, -0.2) is 57.6 Å². The molecule has 2 atom stereocenters. The van der Waals surface area contributed by atoms with E-state index in [2.05, 4.69) is 15.7 Å². The van der Waals surface area contributed by atoms with Crippen molar-refractivity contribution >= 4 is 24.0 Å². The fraction of sp³-hybridized carbons (Fsp3) is 0.556. The summed E-state index contributed by atoms with van der Waals surface area (Å²) < 4.78 is 13.0. The first-order valence-corrected chi connectivity index (χ1v) is 9.36. The molecule has 0 radical (unpaired) electrons. The average molecular weight is 395 g/mol. The molecule has 0 aromatic carbocycles. The van der Waals surface area contributed by atoms with Crippen molar-refractivity contribution < 1.29 is 24.0 Å². The molecule has 1 fully saturated rings. The summed E-state index contributed by atoms with van der Waals surface area (Å²) in [4.78, 5) is 40.1. The fourth-order valence-corrected chi connectivity index (χ4v) is 3.10. The van der Waals surface area contributed by atoms with Crippen LogP contribution in [0.25, 0.3) is 0 Å². The van der Waals surface area contributed by atoms with Crippen molar-refractivity contribution in [2.45, 2.75) is 45.1 Å². The summed E-state index contributed by atoms with van der Waals surface area (Å²) in [6.45, 7) is 2.32. The van der Waals surface area contributed by atoms with Crippen LogP contribution in [0.5, 0.6) is 0 Å². The molecule has 0 spiro atoms. The number of nitrogens with zero attached hydrogens (tertiary/aromatic N) is 3. The number of anilines is 1. The molecule has 2 heterocycles. The first-order chi connectivity index (χ1) is 13.5. The molecular weight excluding hydrogens is 369 g/mol. The highest BCUT2D eigenvalue weighted by Gasteiger charge is 2.37. The first-order valence-electron chi connectivity index (χ1n) is 9.36. The maximum atomic E-state index is 13.0. The summed E-state index contributed by atoms with van der Waals surface area (Å²) in [5.41, 5.74) is 2.90. The van der Waals surface area contributed by atoms with E-state index < -0.39 is 23.7 Å². The van der Waals surface area contributed by atoms with Crippen molar-refractivity contribution in [3.8, 4) is 0 Å². The Hall–Kier alpha value is -2.59. The number of carbonyl (C=O) groups is 3. The zero-order chi connectivity index (χ0) is 20.5. The van der Waals surface area contributed by atoms with Crippen molar-refractivity contribution in [2.75, 3.05) is 18.4 Å². The number of hydrogen-bond donors (Lipinski definition) is 3. The van der Waals surface area contributed by atoms with Crippen LogP contribution in [0.1, 0.15) is 39.0 Å². The molecule has 0 unspecified atom stereocenters. The second kappa shape index (κ2) is 10.7. The molecule has 0 saturated carbocycles. The van der Waals surface area contributed by atoms with Crippen LogP contribution in [0.4, 0.5) is 10.2 Å². The second-order valence-electron chi connectivity index (χ2n) is 6.69. The standard InChI is InChI=1S/C18H26FN5O4/c1-2-3-4-5-13(11-23(28)12-25)18(27)24-15(8-9-21-24)17(26)22-16-7-6-14(19)10-20-16/h6-7,10,12-13,15,21,28H,2-5,8-9,11H2,1H3,(H,20,22,26)/t13-,15+/m1/s1. The monoisotopic (exact) mass is 395 g/mol. The van der Waals surface area contributed by atoms with E-state index in [0.29, 0.717) is 24.4 Å². The van der Waals surface area contributed by atoms with Crippen LogP contribution < -0.4 is 10.7 Å². The van der Waals surface area contributed by atoms with Gasteiger partial charge in [-0.3, -0.25) is 24.6 Å². The van der Waals surface area contributed by atoms with Crippen LogP contribution in [0.15, 0.2) is 18.3 Å². The van der Waals surface area contributed by atoms with E-state index in [4.69, 9.17) is 0 Å². The maximum Gasteiger partial charge on any atom is 0.250 e. The summed E-state index contributed by atoms with van der Waals surface area (Å²) >= 11 is 0. The van der Waals surface area contributed by atoms with Gasteiger partial charge in [0.15, 0.2) is 0 Å². The number of carbonyl (C=O) groups excluding carboxylic acids is 3. The summed E-state index contributed by atoms with van der Waals surface area (Å²) in [6, 6.07) is 1.75. The van der Waals surface area contributed by atoms with Crippen LogP contribution in [-0.2, 0) is 14.4 Å². The van der Waals surface area contributed by atoms with E-state index in [9.17, 15) is 24.0 Å². The summed E-state index contributed by atoms with van der Waals surface area (Å²) in [5, 5.41) is 13.8. The van der Waals surface area contributed by atoms with Gasteiger partial charge in [0.05, 0.1) is 18.7 Å². The summed E-state index contributed by atoms with van der Waals surface area (Å²) in [5.74, 6) is -1.77. The zero-order valence-corrected chi connectivity index (χ0v) is 15.8. The Balaban J connectivity index is 2.05. The minimum absolute atomic E-state index is 0.141. The SMILES string of the molecule is CCCCC[C@H](CN(O)C=O)C(=O)N1NCC[C@H]1C(=O)Nc1ccc(F)cn1. The third kappa shape index (κ3) is 5.96. The van der Waals surface area contributed by atoms with Crippen LogP contribution in [0.3, 0.4) is 0 Å². The predicted molar refractivity (Wildman–Crippen MR) is 98.3 cm³/mol. The highest BCUT2D eigenvalue weighted by molar-refractivity contribution is 5.97. The van der Waals surface area contributed by atoms with Gasteiger partial charge in [0.1, 0.15) is 17.7 Å². The number of rotatable bonds is 10. The van der Waals surface area contributed by atoms with E-state index in [1.54, 1.807) is 0 Å². The molecule has 9 nitrogen and oxygen atoms in total. The molecule has 1 aromatic rings. The molecule has 154 valence electrons. The minimum Gasteiger partial charge on any atom is -0.309 e. The van der Waals surface area contributed by atoms with E-state index >= 15 is 0 Å². The molecule has 3 N–H and O–H groups in total. The van der Waals surface area contributed by atoms with Gasteiger partial charge in [0.25, 0.3) is 0 Å². The smallest absolute Gasteiger partial charge is 0.250 e. The molecule has 10 heteroatoms. The number of hydrogen-bond acceptors (Lipinski definition) is 6. The molecular formula is C18H26FN5O4. The number of halogens is 1. The van der Waals surface area contributed by atoms with Gasteiger partial charge in [-0.25, -0.2) is 19.9 Å². The number of aromatic nitrogens is 1. The third-order valence-corrected chi connectivity index (χ3v) is 4.56. The zero-order valence-electron chi connectivity index (χ0n) is 15.8. The molecule has 0 aliphatic carbocycles. The van der Waals surface area contributed by atoms with E-state index in [0.717, 1.165) is 25.5 Å². The molecule has 1 aliphatic rings.